The number of halogens is 1. The number of pyridine rings is 1. The van der Waals surface area contributed by atoms with Crippen LogP contribution < -0.4 is 0 Å². The van der Waals surface area contributed by atoms with Crippen LogP contribution in [0.4, 0.5) is 0 Å². The summed E-state index contributed by atoms with van der Waals surface area (Å²) in [5, 5.41) is 0. The summed E-state index contributed by atoms with van der Waals surface area (Å²) in [7, 11) is 0. The highest BCUT2D eigenvalue weighted by molar-refractivity contribution is 14.1. The van der Waals surface area contributed by atoms with Crippen LogP contribution in [0.25, 0.3) is 0 Å². The van der Waals surface area contributed by atoms with Crippen LogP contribution in [0.2, 0.25) is 0 Å². The number of carbonyl (C=O) groups is 1. The van der Waals surface area contributed by atoms with E-state index in [4.69, 9.17) is 0 Å². The number of rotatable bonds is 1. The highest BCUT2D eigenvalue weighted by atomic mass is 127. The van der Waals surface area contributed by atoms with Gasteiger partial charge in [-0.1, -0.05) is 0 Å². The normalized spacial score (nSPS) is 9.00. The van der Waals surface area contributed by atoms with Gasteiger partial charge in [-0.25, -0.2) is 0 Å². The molecule has 0 aromatic carbocycles. The first-order valence-corrected chi connectivity index (χ1v) is 3.48. The largest absolute Gasteiger partial charge is 0.296 e. The van der Waals surface area contributed by atoms with Gasteiger partial charge in [0.2, 0.25) is 0 Å². The molecular formula is C6H4INO. The summed E-state index contributed by atoms with van der Waals surface area (Å²) >= 11 is 2.07. The SMILES string of the molecule is O=Cc1ncccc1I. The molecule has 0 N–H and O–H groups in total. The molecule has 0 saturated carbocycles. The van der Waals surface area contributed by atoms with Gasteiger partial charge in [0.25, 0.3) is 0 Å². The number of aldehydes is 1. The van der Waals surface area contributed by atoms with Crippen molar-refractivity contribution in [2.24, 2.45) is 0 Å². The number of aromatic nitrogens is 1. The fourth-order valence-corrected chi connectivity index (χ4v) is 0.959. The van der Waals surface area contributed by atoms with E-state index in [0.717, 1.165) is 9.86 Å². The predicted octanol–water partition coefficient (Wildman–Crippen LogP) is 1.50. The molecule has 1 heterocycles. The molecule has 0 radical (unpaired) electrons. The van der Waals surface area contributed by atoms with E-state index < -0.39 is 0 Å². The molecule has 0 unspecified atom stereocenters. The van der Waals surface area contributed by atoms with Gasteiger partial charge < -0.3 is 0 Å². The summed E-state index contributed by atoms with van der Waals surface area (Å²) in [6.07, 6.45) is 2.35. The first kappa shape index (κ1) is 6.67. The van der Waals surface area contributed by atoms with E-state index in [2.05, 4.69) is 27.6 Å². The van der Waals surface area contributed by atoms with Crippen LogP contribution in [-0.2, 0) is 0 Å². The summed E-state index contributed by atoms with van der Waals surface area (Å²) in [5.74, 6) is 0. The Morgan fingerprint density at radius 1 is 1.67 bits per heavy atom. The fourth-order valence-electron chi connectivity index (χ4n) is 0.485. The average Bonchev–Trinajstić information content (AvgIpc) is 1.89. The van der Waals surface area contributed by atoms with Crippen molar-refractivity contribution >= 4 is 28.9 Å². The molecule has 46 valence electrons. The second-order valence-electron chi connectivity index (χ2n) is 1.49. The predicted molar refractivity (Wildman–Crippen MR) is 42.3 cm³/mol. The third-order valence-electron chi connectivity index (χ3n) is 0.899. The van der Waals surface area contributed by atoms with E-state index in [1.165, 1.54) is 0 Å². The summed E-state index contributed by atoms with van der Waals surface area (Å²) in [4.78, 5) is 14.0. The van der Waals surface area contributed by atoms with Crippen LogP contribution in [0.5, 0.6) is 0 Å². The highest BCUT2D eigenvalue weighted by Crippen LogP contribution is 2.04. The monoisotopic (exact) mass is 233 g/mol. The molecule has 0 saturated heterocycles. The molecule has 3 heteroatoms. The lowest BCUT2D eigenvalue weighted by Crippen LogP contribution is -1.88. The van der Waals surface area contributed by atoms with Crippen LogP contribution in [0.3, 0.4) is 0 Å². The second-order valence-corrected chi connectivity index (χ2v) is 2.65. The van der Waals surface area contributed by atoms with E-state index in [1.54, 1.807) is 12.3 Å². The Bertz CT molecular complexity index is 224. The lowest BCUT2D eigenvalue weighted by atomic mass is 10.4. The third-order valence-corrected chi connectivity index (χ3v) is 1.81. The second kappa shape index (κ2) is 2.91. The zero-order valence-corrected chi connectivity index (χ0v) is 6.70. The molecule has 0 aliphatic heterocycles. The van der Waals surface area contributed by atoms with E-state index in [-0.39, 0.29) is 0 Å². The molecule has 0 amide bonds. The number of nitrogens with zero attached hydrogens (tertiary/aromatic N) is 1. The van der Waals surface area contributed by atoms with Gasteiger partial charge in [-0.05, 0) is 34.7 Å². The molecule has 2 nitrogen and oxygen atoms in total. The molecule has 0 bridgehead atoms. The Morgan fingerprint density at radius 2 is 2.44 bits per heavy atom. The van der Waals surface area contributed by atoms with Gasteiger partial charge in [0.1, 0.15) is 5.69 Å². The first-order valence-electron chi connectivity index (χ1n) is 2.40. The summed E-state index contributed by atoms with van der Waals surface area (Å²) in [6.45, 7) is 0. The van der Waals surface area contributed by atoms with E-state index >= 15 is 0 Å². The van der Waals surface area contributed by atoms with Gasteiger partial charge in [-0.2, -0.15) is 0 Å². The molecule has 0 fully saturated rings. The van der Waals surface area contributed by atoms with Gasteiger partial charge in [-0.15, -0.1) is 0 Å². The maximum absolute atomic E-state index is 10.2. The van der Waals surface area contributed by atoms with Gasteiger partial charge in [-0.3, -0.25) is 9.78 Å². The molecule has 1 aromatic rings. The topological polar surface area (TPSA) is 30.0 Å². The first-order chi connectivity index (χ1) is 4.34. The van der Waals surface area contributed by atoms with Crippen molar-refractivity contribution in [3.63, 3.8) is 0 Å². The minimum atomic E-state index is 0.512. The Hall–Kier alpha value is -0.450. The standard InChI is InChI=1S/C6H4INO/c7-5-2-1-3-8-6(5)4-9/h1-4H. The molecule has 1 rings (SSSR count). The van der Waals surface area contributed by atoms with Crippen LogP contribution in [0.1, 0.15) is 10.5 Å². The summed E-state index contributed by atoms with van der Waals surface area (Å²) < 4.78 is 0.894. The number of hydrogen-bond acceptors (Lipinski definition) is 2. The molecule has 0 spiro atoms. The molecule has 9 heavy (non-hydrogen) atoms. The maximum Gasteiger partial charge on any atom is 0.169 e. The van der Waals surface area contributed by atoms with E-state index in [1.807, 2.05) is 6.07 Å². The Morgan fingerprint density at radius 3 is 2.89 bits per heavy atom. The zero-order valence-electron chi connectivity index (χ0n) is 4.54. The molecular weight excluding hydrogens is 229 g/mol. The minimum Gasteiger partial charge on any atom is -0.296 e. The van der Waals surface area contributed by atoms with E-state index in [0.29, 0.717) is 5.69 Å². The summed E-state index contributed by atoms with van der Waals surface area (Å²) in [6, 6.07) is 3.64. The van der Waals surface area contributed by atoms with Gasteiger partial charge >= 0.3 is 0 Å². The lowest BCUT2D eigenvalue weighted by molar-refractivity contribution is 0.111. The van der Waals surface area contributed by atoms with E-state index in [9.17, 15) is 4.79 Å². The maximum atomic E-state index is 10.2. The molecule has 0 aliphatic rings. The van der Waals surface area contributed by atoms with Crippen molar-refractivity contribution in [3.8, 4) is 0 Å². The highest BCUT2D eigenvalue weighted by Gasteiger charge is 1.93. The smallest absolute Gasteiger partial charge is 0.169 e. The van der Waals surface area contributed by atoms with Crippen molar-refractivity contribution in [3.05, 3.63) is 27.6 Å². The van der Waals surface area contributed by atoms with Gasteiger partial charge in [0.05, 0.1) is 0 Å². The van der Waals surface area contributed by atoms with Crippen molar-refractivity contribution < 1.29 is 4.79 Å². The van der Waals surface area contributed by atoms with Crippen LogP contribution >= 0.6 is 22.6 Å². The lowest BCUT2D eigenvalue weighted by Gasteiger charge is -1.89. The zero-order chi connectivity index (χ0) is 6.69. The Kier molecular flexibility index (Phi) is 2.16. The number of hydrogen-bond donors (Lipinski definition) is 0. The Labute approximate surface area is 66.4 Å². The molecule has 0 atom stereocenters. The van der Waals surface area contributed by atoms with Gasteiger partial charge in [0.15, 0.2) is 6.29 Å². The average molecular weight is 233 g/mol. The fraction of sp³-hybridized carbons (Fsp3) is 0. The van der Waals surface area contributed by atoms with Crippen molar-refractivity contribution in [2.75, 3.05) is 0 Å². The van der Waals surface area contributed by atoms with Crippen LogP contribution in [-0.4, -0.2) is 11.3 Å². The molecule has 0 aliphatic carbocycles. The van der Waals surface area contributed by atoms with Crippen molar-refractivity contribution in [1.82, 2.24) is 4.98 Å². The van der Waals surface area contributed by atoms with Gasteiger partial charge in [0, 0.05) is 9.77 Å². The van der Waals surface area contributed by atoms with Crippen LogP contribution in [0, 0.1) is 3.57 Å². The van der Waals surface area contributed by atoms with Crippen molar-refractivity contribution in [2.45, 2.75) is 0 Å². The van der Waals surface area contributed by atoms with Crippen molar-refractivity contribution in [1.29, 1.82) is 0 Å². The molecule has 1 aromatic heterocycles. The van der Waals surface area contributed by atoms with Crippen LogP contribution in [0.15, 0.2) is 18.3 Å². The summed E-state index contributed by atoms with van der Waals surface area (Å²) in [5.41, 5.74) is 0.512. The number of carbonyl (C=O) groups excluding carboxylic acids is 1. The minimum absolute atomic E-state index is 0.512. The third kappa shape index (κ3) is 1.48. The Balaban J connectivity index is 3.15. The quantitative estimate of drug-likeness (QED) is 0.543.